The Kier molecular flexibility index (Phi) is 4.90. The standard InChI is InChI=1S/C23H24N2O3/c1-3-14-25-22(26)20(17-11-5-7-13-19(17)28-2)21(23(25)27)24-15-8-10-16-9-4-6-12-18(16)24/h4-7,9,11-13H,3,8,10,14-15H2,1-2H3. The molecule has 0 N–H and O–H groups in total. The zero-order valence-corrected chi connectivity index (χ0v) is 16.3. The molecule has 2 aromatic carbocycles. The van der Waals surface area contributed by atoms with Crippen molar-refractivity contribution in [2.24, 2.45) is 0 Å². The smallest absolute Gasteiger partial charge is 0.278 e. The second-order valence-corrected chi connectivity index (χ2v) is 7.07. The Labute approximate surface area is 165 Å². The van der Waals surface area contributed by atoms with Crippen LogP contribution in [0.3, 0.4) is 0 Å². The normalized spacial score (nSPS) is 16.6. The van der Waals surface area contributed by atoms with Gasteiger partial charge in [0.1, 0.15) is 11.4 Å². The molecular weight excluding hydrogens is 352 g/mol. The maximum atomic E-state index is 13.4. The molecule has 0 radical (unpaired) electrons. The molecule has 0 bridgehead atoms. The maximum absolute atomic E-state index is 13.4. The lowest BCUT2D eigenvalue weighted by molar-refractivity contribution is -0.136. The summed E-state index contributed by atoms with van der Waals surface area (Å²) in [4.78, 5) is 30.1. The summed E-state index contributed by atoms with van der Waals surface area (Å²) >= 11 is 0. The number of aryl methyl sites for hydroxylation is 1. The highest BCUT2D eigenvalue weighted by Gasteiger charge is 2.43. The molecule has 5 nitrogen and oxygen atoms in total. The van der Waals surface area contributed by atoms with Crippen LogP contribution in [0.2, 0.25) is 0 Å². The van der Waals surface area contributed by atoms with Gasteiger partial charge < -0.3 is 9.64 Å². The van der Waals surface area contributed by atoms with Crippen LogP contribution < -0.4 is 9.64 Å². The summed E-state index contributed by atoms with van der Waals surface area (Å²) in [6, 6.07) is 15.5. The number of hydrogen-bond donors (Lipinski definition) is 0. The van der Waals surface area contributed by atoms with Crippen LogP contribution in [0.15, 0.2) is 54.2 Å². The number of nitrogens with zero attached hydrogens (tertiary/aromatic N) is 2. The molecule has 0 unspecified atom stereocenters. The molecule has 0 fully saturated rings. The number of ether oxygens (including phenoxy) is 1. The highest BCUT2D eigenvalue weighted by atomic mass is 16.5. The lowest BCUT2D eigenvalue weighted by atomic mass is 9.98. The number of rotatable bonds is 5. The second-order valence-electron chi connectivity index (χ2n) is 7.07. The monoisotopic (exact) mass is 376 g/mol. The summed E-state index contributed by atoms with van der Waals surface area (Å²) in [6.07, 6.45) is 2.64. The molecule has 0 saturated carbocycles. The van der Waals surface area contributed by atoms with E-state index in [0.29, 0.717) is 35.7 Å². The van der Waals surface area contributed by atoms with Crippen molar-refractivity contribution in [2.45, 2.75) is 26.2 Å². The van der Waals surface area contributed by atoms with Crippen LogP contribution in [0.5, 0.6) is 5.75 Å². The van der Waals surface area contributed by atoms with Crippen LogP contribution in [0.4, 0.5) is 5.69 Å². The first-order valence-electron chi connectivity index (χ1n) is 9.76. The van der Waals surface area contributed by atoms with E-state index in [2.05, 4.69) is 6.07 Å². The van der Waals surface area contributed by atoms with Crippen molar-refractivity contribution in [2.75, 3.05) is 25.1 Å². The number of imide groups is 1. The van der Waals surface area contributed by atoms with Gasteiger partial charge in [0.25, 0.3) is 11.8 Å². The molecule has 144 valence electrons. The van der Waals surface area contributed by atoms with Gasteiger partial charge in [-0.15, -0.1) is 0 Å². The van der Waals surface area contributed by atoms with Crippen LogP contribution in [0.25, 0.3) is 5.57 Å². The topological polar surface area (TPSA) is 49.9 Å². The van der Waals surface area contributed by atoms with Gasteiger partial charge in [0, 0.05) is 24.3 Å². The zero-order chi connectivity index (χ0) is 19.7. The maximum Gasteiger partial charge on any atom is 0.278 e. The molecule has 0 atom stereocenters. The predicted octanol–water partition coefficient (Wildman–Crippen LogP) is 3.64. The Bertz CT molecular complexity index is 964. The number of para-hydroxylation sites is 2. The first-order valence-corrected chi connectivity index (χ1v) is 9.76. The average molecular weight is 376 g/mol. The predicted molar refractivity (Wildman–Crippen MR) is 109 cm³/mol. The lowest BCUT2D eigenvalue weighted by Gasteiger charge is -2.32. The minimum atomic E-state index is -0.241. The van der Waals surface area contributed by atoms with Crippen molar-refractivity contribution < 1.29 is 14.3 Å². The van der Waals surface area contributed by atoms with Gasteiger partial charge in [-0.25, -0.2) is 0 Å². The van der Waals surface area contributed by atoms with Crippen molar-refractivity contribution in [3.63, 3.8) is 0 Å². The molecule has 28 heavy (non-hydrogen) atoms. The van der Waals surface area contributed by atoms with Crippen LogP contribution >= 0.6 is 0 Å². The first-order chi connectivity index (χ1) is 13.7. The van der Waals surface area contributed by atoms with Crippen molar-refractivity contribution in [3.8, 4) is 5.75 Å². The molecule has 5 heteroatoms. The third-order valence-corrected chi connectivity index (χ3v) is 5.35. The van der Waals surface area contributed by atoms with Gasteiger partial charge in [-0.3, -0.25) is 14.5 Å². The lowest BCUT2D eigenvalue weighted by Crippen LogP contribution is -2.37. The number of fused-ring (bicyclic) bond motifs is 1. The van der Waals surface area contributed by atoms with Gasteiger partial charge in [-0.05, 0) is 37.0 Å². The number of methoxy groups -OCH3 is 1. The number of amides is 2. The minimum absolute atomic E-state index is 0.218. The Hall–Kier alpha value is -3.08. The highest BCUT2D eigenvalue weighted by molar-refractivity contribution is 6.37. The van der Waals surface area contributed by atoms with Crippen molar-refractivity contribution >= 4 is 23.1 Å². The number of carbonyl (C=O) groups excluding carboxylic acids is 2. The third-order valence-electron chi connectivity index (χ3n) is 5.35. The van der Waals surface area contributed by atoms with Crippen LogP contribution in [0.1, 0.15) is 30.9 Å². The van der Waals surface area contributed by atoms with Gasteiger partial charge in [0.2, 0.25) is 0 Å². The number of carbonyl (C=O) groups is 2. The minimum Gasteiger partial charge on any atom is -0.496 e. The van der Waals surface area contributed by atoms with Gasteiger partial charge >= 0.3 is 0 Å². The van der Waals surface area contributed by atoms with Crippen molar-refractivity contribution in [1.29, 1.82) is 0 Å². The summed E-state index contributed by atoms with van der Waals surface area (Å²) < 4.78 is 5.51. The summed E-state index contributed by atoms with van der Waals surface area (Å²) in [7, 11) is 1.58. The molecular formula is C23H24N2O3. The Morgan fingerprint density at radius 2 is 1.75 bits per heavy atom. The van der Waals surface area contributed by atoms with E-state index >= 15 is 0 Å². The summed E-state index contributed by atoms with van der Waals surface area (Å²) in [5.74, 6) is 0.138. The van der Waals surface area contributed by atoms with E-state index in [0.717, 1.165) is 24.9 Å². The van der Waals surface area contributed by atoms with E-state index in [-0.39, 0.29) is 11.8 Å². The molecule has 0 saturated heterocycles. The molecule has 2 heterocycles. The molecule has 2 aromatic rings. The van der Waals surface area contributed by atoms with Gasteiger partial charge in [-0.2, -0.15) is 0 Å². The third kappa shape index (κ3) is 2.87. The molecule has 0 spiro atoms. The molecule has 2 aliphatic rings. The fourth-order valence-electron chi connectivity index (χ4n) is 4.10. The summed E-state index contributed by atoms with van der Waals surface area (Å²) in [5.41, 5.74) is 3.79. The average Bonchev–Trinajstić information content (AvgIpc) is 2.98. The first kappa shape index (κ1) is 18.3. The van der Waals surface area contributed by atoms with Gasteiger partial charge in [-0.1, -0.05) is 43.3 Å². The van der Waals surface area contributed by atoms with Gasteiger partial charge in [0.05, 0.1) is 12.7 Å². The van der Waals surface area contributed by atoms with Crippen LogP contribution in [-0.4, -0.2) is 36.9 Å². The van der Waals surface area contributed by atoms with Crippen LogP contribution in [-0.2, 0) is 16.0 Å². The van der Waals surface area contributed by atoms with Crippen molar-refractivity contribution in [3.05, 3.63) is 65.4 Å². The fourth-order valence-corrected chi connectivity index (χ4v) is 4.10. The van der Waals surface area contributed by atoms with E-state index in [4.69, 9.17) is 4.74 Å². The summed E-state index contributed by atoms with van der Waals surface area (Å²) in [5, 5.41) is 0. The molecule has 4 rings (SSSR count). The SMILES string of the molecule is CCCN1C(=O)C(c2ccccc2OC)=C(N2CCCc3ccccc32)C1=O. The fraction of sp³-hybridized carbons (Fsp3) is 0.304. The quantitative estimate of drug-likeness (QED) is 0.748. The zero-order valence-electron chi connectivity index (χ0n) is 16.3. The number of hydrogen-bond acceptors (Lipinski definition) is 4. The van der Waals surface area contributed by atoms with Gasteiger partial charge in [0.15, 0.2) is 0 Å². The second kappa shape index (κ2) is 7.50. The van der Waals surface area contributed by atoms with Crippen molar-refractivity contribution in [1.82, 2.24) is 4.90 Å². The molecule has 0 aliphatic carbocycles. The van der Waals surface area contributed by atoms with E-state index in [9.17, 15) is 9.59 Å². The molecule has 0 aromatic heterocycles. The van der Waals surface area contributed by atoms with E-state index < -0.39 is 0 Å². The van der Waals surface area contributed by atoms with E-state index in [1.165, 1.54) is 10.5 Å². The molecule has 2 amide bonds. The molecule has 2 aliphatic heterocycles. The summed E-state index contributed by atoms with van der Waals surface area (Å²) in [6.45, 7) is 3.09. The largest absolute Gasteiger partial charge is 0.496 e. The number of benzene rings is 2. The van der Waals surface area contributed by atoms with E-state index in [1.807, 2.05) is 54.3 Å². The highest BCUT2D eigenvalue weighted by Crippen LogP contribution is 2.40. The number of anilines is 1. The Balaban J connectivity index is 1.93. The Morgan fingerprint density at radius 1 is 1.00 bits per heavy atom. The van der Waals surface area contributed by atoms with E-state index in [1.54, 1.807) is 7.11 Å². The Morgan fingerprint density at radius 3 is 2.54 bits per heavy atom. The van der Waals surface area contributed by atoms with Crippen LogP contribution in [0, 0.1) is 0 Å².